The van der Waals surface area contributed by atoms with Crippen molar-refractivity contribution in [1.29, 1.82) is 0 Å². The van der Waals surface area contributed by atoms with Gasteiger partial charge in [0.1, 0.15) is 0 Å². The molecule has 0 atom stereocenters. The van der Waals surface area contributed by atoms with Gasteiger partial charge >= 0.3 is 8.80 Å². The molecule has 0 aromatic heterocycles. The first kappa shape index (κ1) is 40.6. The second-order valence-corrected chi connectivity index (χ2v) is 16.3. The largest absolute Gasteiger partial charge is 0.500 e. The molecule has 0 rings (SSSR count). The Kier molecular flexibility index (Phi) is 33.0. The summed E-state index contributed by atoms with van der Waals surface area (Å²) >= 11 is 3.22. The quantitative estimate of drug-likeness (QED) is 0.0330. The predicted octanol–water partition coefficient (Wildman–Crippen LogP) is 11.1. The van der Waals surface area contributed by atoms with Crippen molar-refractivity contribution in [3.8, 4) is 0 Å². The van der Waals surface area contributed by atoms with Crippen LogP contribution in [0.2, 0.25) is 6.04 Å². The second kappa shape index (κ2) is 32.5. The minimum atomic E-state index is -2.46. The van der Waals surface area contributed by atoms with Crippen LogP contribution in [0.1, 0.15) is 163 Å². The van der Waals surface area contributed by atoms with Crippen molar-refractivity contribution >= 4 is 37.0 Å². The van der Waals surface area contributed by atoms with Gasteiger partial charge in [-0.2, -0.15) is 23.1 Å². The summed E-state index contributed by atoms with van der Waals surface area (Å²) in [4.78, 5) is 0. The first-order valence-corrected chi connectivity index (χ1v) is 21.5. The van der Waals surface area contributed by atoms with Crippen LogP contribution in [0.4, 0.5) is 0 Å². The van der Waals surface area contributed by atoms with Crippen molar-refractivity contribution < 1.29 is 18.4 Å². The predicted molar refractivity (Wildman–Crippen MR) is 187 cm³/mol. The zero-order valence-corrected chi connectivity index (χ0v) is 30.0. The van der Waals surface area contributed by atoms with E-state index >= 15 is 0 Å². The van der Waals surface area contributed by atoms with Gasteiger partial charge in [-0.3, -0.25) is 0 Å². The fourth-order valence-electron chi connectivity index (χ4n) is 5.11. The molecule has 0 unspecified atom stereocenters. The van der Waals surface area contributed by atoms with Crippen molar-refractivity contribution in [2.45, 2.75) is 169 Å². The maximum atomic E-state index is 10.2. The monoisotopic (exact) mass is 622 g/mol. The van der Waals surface area contributed by atoms with Gasteiger partial charge in [-0.05, 0) is 70.1 Å². The van der Waals surface area contributed by atoms with Gasteiger partial charge in [0.25, 0.3) is 0 Å². The van der Waals surface area contributed by atoms with Crippen molar-refractivity contribution in [1.82, 2.24) is 0 Å². The standard InChI is InChI=1S/C33H70O4S2Si/c1-5-9-10-11-12-13-14-15-16-17-18-19-20-21-24-28-33(34)39-31-26-23-22-25-29-38-30-27-32-40(35-6-2,36-7-3)37-8-4/h34,39H,5-32H2,1-4H3. The first-order chi connectivity index (χ1) is 19.6. The number of rotatable bonds is 33. The Morgan fingerprint density at radius 3 is 1.48 bits per heavy atom. The SMILES string of the molecule is CCCCCCCCCCCCCCCCCC(O)=[SH]CCCCCCSCCC[Si](OCC)(OCC)OCC. The molecule has 7 heteroatoms. The Balaban J connectivity index is 3.47. The number of aliphatic hydroxyl groups excluding tert-OH is 1. The molecule has 0 amide bonds. The number of thioether (sulfide) groups is 1. The lowest BCUT2D eigenvalue weighted by molar-refractivity contribution is 0.0712. The molecule has 0 saturated heterocycles. The lowest BCUT2D eigenvalue weighted by atomic mass is 10.0. The molecule has 0 aliphatic rings. The molecular formula is C33H70O4S2Si. The Bertz CT molecular complexity index is 520. The highest BCUT2D eigenvalue weighted by Crippen LogP contribution is 2.21. The molecule has 0 bridgehead atoms. The fourth-order valence-corrected chi connectivity index (χ4v) is 9.89. The van der Waals surface area contributed by atoms with Crippen molar-refractivity contribution in [2.24, 2.45) is 0 Å². The summed E-state index contributed by atoms with van der Waals surface area (Å²) in [6.07, 6.45) is 28.0. The van der Waals surface area contributed by atoms with Gasteiger partial charge in [0, 0.05) is 25.9 Å². The van der Waals surface area contributed by atoms with E-state index in [4.69, 9.17) is 13.3 Å². The lowest BCUT2D eigenvalue weighted by Gasteiger charge is -2.28. The van der Waals surface area contributed by atoms with E-state index in [1.807, 2.05) is 20.8 Å². The van der Waals surface area contributed by atoms with Gasteiger partial charge in [-0.25, -0.2) is 0 Å². The van der Waals surface area contributed by atoms with E-state index in [0.29, 0.717) is 19.8 Å². The molecule has 0 aliphatic carbocycles. The van der Waals surface area contributed by atoms with Gasteiger partial charge in [0.15, 0.2) is 0 Å². The van der Waals surface area contributed by atoms with Crippen molar-refractivity contribution in [3.05, 3.63) is 0 Å². The Morgan fingerprint density at radius 1 is 0.550 bits per heavy atom. The number of aliphatic hydroxyl groups is 1. The summed E-state index contributed by atoms with van der Waals surface area (Å²) in [5, 5.41) is 10.9. The molecule has 242 valence electrons. The minimum Gasteiger partial charge on any atom is -0.374 e. The molecule has 0 spiro atoms. The normalized spacial score (nSPS) is 12.7. The third-order valence-corrected chi connectivity index (χ3v) is 12.8. The average molecular weight is 623 g/mol. The molecule has 0 radical (unpaired) electrons. The highest BCUT2D eigenvalue weighted by atomic mass is 32.2. The van der Waals surface area contributed by atoms with Crippen molar-refractivity contribution in [2.75, 3.05) is 37.1 Å². The molecule has 40 heavy (non-hydrogen) atoms. The molecule has 0 aromatic rings. The maximum absolute atomic E-state index is 10.2. The highest BCUT2D eigenvalue weighted by molar-refractivity contribution is 7.99. The molecule has 0 fully saturated rings. The molecule has 0 saturated carbocycles. The van der Waals surface area contributed by atoms with Crippen molar-refractivity contribution in [3.63, 3.8) is 0 Å². The van der Waals surface area contributed by atoms with E-state index in [9.17, 15) is 5.11 Å². The Hall–Kier alpha value is 0.627. The minimum absolute atomic E-state index is 0.661. The smallest absolute Gasteiger partial charge is 0.374 e. The van der Waals surface area contributed by atoms with Crippen LogP contribution >= 0.6 is 23.1 Å². The van der Waals surface area contributed by atoms with Gasteiger partial charge in [-0.15, -0.1) is 0 Å². The number of unbranched alkanes of at least 4 members (excludes halogenated alkanes) is 17. The Labute approximate surface area is 260 Å². The summed E-state index contributed by atoms with van der Waals surface area (Å²) in [5.41, 5.74) is 0. The topological polar surface area (TPSA) is 47.9 Å². The van der Waals surface area contributed by atoms with E-state index in [1.165, 1.54) is 133 Å². The molecule has 1 N–H and O–H groups in total. The number of hydrogen-bond acceptors (Lipinski definition) is 4. The van der Waals surface area contributed by atoms with Crippen LogP contribution in [0.25, 0.3) is 0 Å². The molecule has 0 aliphatic heterocycles. The van der Waals surface area contributed by atoms with Gasteiger partial charge in [-0.1, -0.05) is 110 Å². The molecule has 4 nitrogen and oxygen atoms in total. The van der Waals surface area contributed by atoms with E-state index in [-0.39, 0.29) is 0 Å². The summed E-state index contributed by atoms with van der Waals surface area (Å²) in [7, 11) is -2.46. The second-order valence-electron chi connectivity index (χ2n) is 11.1. The zero-order valence-electron chi connectivity index (χ0n) is 27.3. The maximum Gasteiger partial charge on any atom is 0.500 e. The number of thiol groups is 1. The lowest BCUT2D eigenvalue weighted by Crippen LogP contribution is -2.46. The van der Waals surface area contributed by atoms with Gasteiger partial charge in [0.2, 0.25) is 0 Å². The van der Waals surface area contributed by atoms with Crippen LogP contribution in [-0.2, 0) is 13.3 Å². The van der Waals surface area contributed by atoms with Crippen LogP contribution in [0, 0.1) is 0 Å². The average Bonchev–Trinajstić information content (AvgIpc) is 2.94. The van der Waals surface area contributed by atoms with E-state index in [1.54, 1.807) is 0 Å². The number of hydrogen-bond donors (Lipinski definition) is 2. The van der Waals surface area contributed by atoms with E-state index in [2.05, 4.69) is 18.7 Å². The third-order valence-electron chi connectivity index (χ3n) is 7.36. The van der Waals surface area contributed by atoms with Crippen LogP contribution < -0.4 is 0 Å². The summed E-state index contributed by atoms with van der Waals surface area (Å²) < 4.78 is 17.8. The highest BCUT2D eigenvalue weighted by Gasteiger charge is 2.39. The van der Waals surface area contributed by atoms with Gasteiger partial charge in [0.05, 0.1) is 5.05 Å². The van der Waals surface area contributed by atoms with Crippen LogP contribution in [-0.4, -0.2) is 56.0 Å². The summed E-state index contributed by atoms with van der Waals surface area (Å²) in [6.45, 7) is 10.3. The van der Waals surface area contributed by atoms with Crippen LogP contribution in [0.3, 0.4) is 0 Å². The summed E-state index contributed by atoms with van der Waals surface area (Å²) in [6, 6.07) is 0.925. The molecule has 0 aromatic carbocycles. The van der Waals surface area contributed by atoms with Crippen LogP contribution in [0.5, 0.6) is 0 Å². The molecule has 0 heterocycles. The first-order valence-electron chi connectivity index (χ1n) is 17.4. The summed E-state index contributed by atoms with van der Waals surface area (Å²) in [5.74, 6) is 3.51. The van der Waals surface area contributed by atoms with Crippen LogP contribution in [0.15, 0.2) is 0 Å². The van der Waals surface area contributed by atoms with E-state index in [0.717, 1.165) is 41.9 Å². The zero-order chi connectivity index (χ0) is 29.4. The fraction of sp³-hybridized carbons (Fsp3) is 0.970. The van der Waals surface area contributed by atoms with Gasteiger partial charge < -0.3 is 18.4 Å². The third kappa shape index (κ3) is 27.5. The molecular weight excluding hydrogens is 553 g/mol. The van der Waals surface area contributed by atoms with E-state index < -0.39 is 8.80 Å². The Morgan fingerprint density at radius 2 is 0.975 bits per heavy atom.